The summed E-state index contributed by atoms with van der Waals surface area (Å²) >= 11 is 0. The van der Waals surface area contributed by atoms with Gasteiger partial charge >= 0.3 is 0 Å². The van der Waals surface area contributed by atoms with E-state index in [9.17, 15) is 4.79 Å². The molecule has 25 heavy (non-hydrogen) atoms. The molecule has 3 rings (SSSR count). The summed E-state index contributed by atoms with van der Waals surface area (Å²) in [5, 5.41) is 4.88. The molecule has 0 heterocycles. The number of carbonyl (C=O) groups excluding carboxylic acids is 1. The first-order valence-electron chi connectivity index (χ1n) is 8.17. The molecule has 3 aromatic carbocycles. The first-order chi connectivity index (χ1) is 12.1. The lowest BCUT2D eigenvalue weighted by Crippen LogP contribution is -2.23. The third kappa shape index (κ3) is 3.99. The van der Waals surface area contributed by atoms with E-state index >= 15 is 0 Å². The van der Waals surface area contributed by atoms with Gasteiger partial charge in [0.2, 0.25) is 0 Å². The van der Waals surface area contributed by atoms with Gasteiger partial charge < -0.3 is 10.2 Å². The third-order valence-electron chi connectivity index (χ3n) is 3.99. The van der Waals surface area contributed by atoms with Crippen LogP contribution in [0.25, 0.3) is 10.8 Å². The van der Waals surface area contributed by atoms with Gasteiger partial charge in [0.05, 0.1) is 6.54 Å². The van der Waals surface area contributed by atoms with Crippen molar-refractivity contribution >= 4 is 22.4 Å². The number of amides is 1. The highest BCUT2D eigenvalue weighted by atomic mass is 16.1. The molecule has 3 nitrogen and oxygen atoms in total. The molecule has 0 spiro atoms. The van der Waals surface area contributed by atoms with E-state index in [2.05, 4.69) is 17.2 Å². The molecule has 0 fully saturated rings. The Hall–Kier alpha value is -3.25. The Balaban J connectivity index is 1.65. The molecule has 0 aliphatic carbocycles. The van der Waals surface area contributed by atoms with Crippen LogP contribution < -0.4 is 10.2 Å². The summed E-state index contributed by atoms with van der Waals surface area (Å²) in [6, 6.07) is 21.6. The van der Waals surface area contributed by atoms with Gasteiger partial charge in [-0.05, 0) is 41.1 Å². The van der Waals surface area contributed by atoms with Crippen molar-refractivity contribution < 1.29 is 4.79 Å². The quantitative estimate of drug-likeness (QED) is 0.744. The smallest absolute Gasteiger partial charge is 0.252 e. The number of hydrogen-bond donors (Lipinski definition) is 1. The molecule has 0 atom stereocenters. The molecule has 3 aromatic rings. The highest BCUT2D eigenvalue weighted by Crippen LogP contribution is 2.18. The fraction of sp³-hybridized carbons (Fsp3) is 0.136. The molecule has 1 N–H and O–H groups in total. The molecule has 1 amide bonds. The molecular formula is C22H20N2O. The zero-order valence-corrected chi connectivity index (χ0v) is 14.4. The van der Waals surface area contributed by atoms with Crippen LogP contribution in [0.4, 0.5) is 5.69 Å². The Morgan fingerprint density at radius 2 is 1.68 bits per heavy atom. The second-order valence-electron chi connectivity index (χ2n) is 5.95. The van der Waals surface area contributed by atoms with E-state index in [1.54, 1.807) is 0 Å². The minimum absolute atomic E-state index is 0.103. The Labute approximate surface area is 148 Å². The molecule has 124 valence electrons. The maximum Gasteiger partial charge on any atom is 0.252 e. The van der Waals surface area contributed by atoms with Gasteiger partial charge in [0.1, 0.15) is 0 Å². The molecular weight excluding hydrogens is 308 g/mol. The highest BCUT2D eigenvalue weighted by molar-refractivity contribution is 6.07. The van der Waals surface area contributed by atoms with Gasteiger partial charge in [-0.2, -0.15) is 0 Å². The van der Waals surface area contributed by atoms with E-state index in [1.165, 1.54) is 0 Å². The van der Waals surface area contributed by atoms with Crippen LogP contribution in [0.1, 0.15) is 15.9 Å². The topological polar surface area (TPSA) is 32.3 Å². The van der Waals surface area contributed by atoms with Crippen molar-refractivity contribution in [1.82, 2.24) is 5.32 Å². The summed E-state index contributed by atoms with van der Waals surface area (Å²) in [5.74, 6) is 5.97. The monoisotopic (exact) mass is 328 g/mol. The van der Waals surface area contributed by atoms with Crippen molar-refractivity contribution in [1.29, 1.82) is 0 Å². The van der Waals surface area contributed by atoms with Gasteiger partial charge in [-0.15, -0.1) is 0 Å². The number of hydrogen-bond acceptors (Lipinski definition) is 2. The maximum absolute atomic E-state index is 12.4. The number of nitrogens with zero attached hydrogens (tertiary/aromatic N) is 1. The Kier molecular flexibility index (Phi) is 5.01. The maximum atomic E-state index is 12.4. The van der Waals surface area contributed by atoms with Crippen molar-refractivity contribution in [2.45, 2.75) is 0 Å². The van der Waals surface area contributed by atoms with E-state index in [0.29, 0.717) is 12.1 Å². The number of benzene rings is 3. The predicted molar refractivity (Wildman–Crippen MR) is 104 cm³/mol. The number of fused-ring (bicyclic) bond motifs is 1. The average Bonchev–Trinajstić information content (AvgIpc) is 2.65. The normalized spacial score (nSPS) is 10.0. The van der Waals surface area contributed by atoms with Gasteiger partial charge in [0.25, 0.3) is 5.91 Å². The Morgan fingerprint density at radius 3 is 2.44 bits per heavy atom. The summed E-state index contributed by atoms with van der Waals surface area (Å²) in [6.07, 6.45) is 0. The standard InChI is InChI=1S/C22H20N2O/c1-24(2)19-14-12-17(13-15-19)7-6-16-23-22(25)21-11-5-9-18-8-3-4-10-20(18)21/h3-5,8-15H,16H2,1-2H3,(H,23,25). The molecule has 0 aliphatic rings. The minimum Gasteiger partial charge on any atom is -0.378 e. The van der Waals surface area contributed by atoms with Crippen LogP contribution in [-0.2, 0) is 0 Å². The van der Waals surface area contributed by atoms with E-state index in [4.69, 9.17) is 0 Å². The van der Waals surface area contributed by atoms with Crippen molar-refractivity contribution in [3.8, 4) is 11.8 Å². The number of carbonyl (C=O) groups is 1. The summed E-state index contributed by atoms with van der Waals surface area (Å²) < 4.78 is 0. The summed E-state index contributed by atoms with van der Waals surface area (Å²) in [6.45, 7) is 0.317. The molecule has 0 aliphatic heterocycles. The molecule has 0 saturated carbocycles. The molecule has 3 heteroatoms. The van der Waals surface area contributed by atoms with Crippen molar-refractivity contribution in [2.24, 2.45) is 0 Å². The van der Waals surface area contributed by atoms with Gasteiger partial charge in [0.15, 0.2) is 0 Å². The number of anilines is 1. The van der Waals surface area contributed by atoms with Crippen LogP contribution in [0.5, 0.6) is 0 Å². The molecule has 0 unspecified atom stereocenters. The van der Waals surface area contributed by atoms with E-state index in [1.807, 2.05) is 85.7 Å². The first-order valence-corrected chi connectivity index (χ1v) is 8.17. The van der Waals surface area contributed by atoms with E-state index in [0.717, 1.165) is 22.0 Å². The van der Waals surface area contributed by atoms with Gasteiger partial charge in [-0.25, -0.2) is 0 Å². The van der Waals surface area contributed by atoms with Crippen LogP contribution in [0.2, 0.25) is 0 Å². The Morgan fingerprint density at radius 1 is 0.960 bits per heavy atom. The molecule has 0 bridgehead atoms. The Bertz CT molecular complexity index is 942. The largest absolute Gasteiger partial charge is 0.378 e. The van der Waals surface area contributed by atoms with Crippen molar-refractivity contribution in [3.63, 3.8) is 0 Å². The predicted octanol–water partition coefficient (Wildman–Crippen LogP) is 3.69. The van der Waals surface area contributed by atoms with Crippen LogP contribution in [0, 0.1) is 11.8 Å². The average molecular weight is 328 g/mol. The van der Waals surface area contributed by atoms with Crippen LogP contribution in [0.3, 0.4) is 0 Å². The third-order valence-corrected chi connectivity index (χ3v) is 3.99. The van der Waals surface area contributed by atoms with Crippen LogP contribution in [-0.4, -0.2) is 26.5 Å². The van der Waals surface area contributed by atoms with Gasteiger partial charge in [-0.1, -0.05) is 48.2 Å². The van der Waals surface area contributed by atoms with E-state index in [-0.39, 0.29) is 5.91 Å². The summed E-state index contributed by atoms with van der Waals surface area (Å²) in [5.41, 5.74) is 2.75. The minimum atomic E-state index is -0.103. The fourth-order valence-corrected chi connectivity index (χ4v) is 2.63. The second kappa shape index (κ2) is 7.55. The fourth-order valence-electron chi connectivity index (χ4n) is 2.63. The van der Waals surface area contributed by atoms with Crippen LogP contribution >= 0.6 is 0 Å². The highest BCUT2D eigenvalue weighted by Gasteiger charge is 2.07. The lowest BCUT2D eigenvalue weighted by molar-refractivity contribution is 0.0960. The second-order valence-corrected chi connectivity index (χ2v) is 5.95. The molecule has 0 aromatic heterocycles. The summed E-state index contributed by atoms with van der Waals surface area (Å²) in [7, 11) is 4.01. The summed E-state index contributed by atoms with van der Waals surface area (Å²) in [4.78, 5) is 14.4. The first kappa shape index (κ1) is 16.6. The number of nitrogens with one attached hydrogen (secondary N) is 1. The van der Waals surface area contributed by atoms with Gasteiger partial charge in [-0.3, -0.25) is 4.79 Å². The molecule has 0 radical (unpaired) electrons. The molecule has 0 saturated heterocycles. The SMILES string of the molecule is CN(C)c1ccc(C#CCNC(=O)c2cccc3ccccc23)cc1. The number of rotatable bonds is 3. The zero-order valence-electron chi connectivity index (χ0n) is 14.4. The van der Waals surface area contributed by atoms with E-state index < -0.39 is 0 Å². The lowest BCUT2D eigenvalue weighted by atomic mass is 10.0. The van der Waals surface area contributed by atoms with Crippen molar-refractivity contribution in [2.75, 3.05) is 25.5 Å². The lowest BCUT2D eigenvalue weighted by Gasteiger charge is -2.11. The van der Waals surface area contributed by atoms with Gasteiger partial charge in [0, 0.05) is 30.9 Å². The van der Waals surface area contributed by atoms with Crippen molar-refractivity contribution in [3.05, 3.63) is 77.9 Å². The van der Waals surface area contributed by atoms with Crippen LogP contribution in [0.15, 0.2) is 66.7 Å². The zero-order chi connectivity index (χ0) is 17.6.